The normalized spacial score (nSPS) is 18.2. The van der Waals surface area contributed by atoms with Gasteiger partial charge in [0.2, 0.25) is 5.91 Å². The van der Waals surface area contributed by atoms with E-state index in [0.717, 1.165) is 12.8 Å². The van der Waals surface area contributed by atoms with E-state index in [1.54, 1.807) is 4.90 Å². The highest BCUT2D eigenvalue weighted by Crippen LogP contribution is 2.18. The third-order valence-electron chi connectivity index (χ3n) is 4.03. The molecular formula is C17H32IN5O3. The van der Waals surface area contributed by atoms with Crippen molar-refractivity contribution in [2.75, 3.05) is 32.7 Å². The van der Waals surface area contributed by atoms with Gasteiger partial charge in [-0.3, -0.25) is 9.79 Å². The summed E-state index contributed by atoms with van der Waals surface area (Å²) in [4.78, 5) is 31.6. The fourth-order valence-corrected chi connectivity index (χ4v) is 2.51. The van der Waals surface area contributed by atoms with Crippen molar-refractivity contribution < 1.29 is 14.3 Å². The molecule has 0 aromatic carbocycles. The maximum atomic E-state index is 12.0. The number of ether oxygens (including phenoxy) is 1. The first kappa shape index (κ1) is 22.8. The van der Waals surface area contributed by atoms with E-state index in [1.165, 1.54) is 0 Å². The van der Waals surface area contributed by atoms with Crippen molar-refractivity contribution in [1.82, 2.24) is 15.1 Å². The Labute approximate surface area is 172 Å². The van der Waals surface area contributed by atoms with Gasteiger partial charge in [-0.2, -0.15) is 0 Å². The van der Waals surface area contributed by atoms with Crippen LogP contribution in [0.4, 0.5) is 4.79 Å². The van der Waals surface area contributed by atoms with Gasteiger partial charge < -0.3 is 25.6 Å². The van der Waals surface area contributed by atoms with Crippen LogP contribution in [0.1, 0.15) is 46.5 Å². The van der Waals surface area contributed by atoms with Crippen molar-refractivity contribution in [3.8, 4) is 0 Å². The maximum absolute atomic E-state index is 12.0. The molecule has 1 heterocycles. The topological polar surface area (TPSA) is 100 Å². The molecule has 0 spiro atoms. The van der Waals surface area contributed by atoms with Crippen LogP contribution >= 0.6 is 24.0 Å². The molecule has 0 atom stereocenters. The third-order valence-corrected chi connectivity index (χ3v) is 4.03. The van der Waals surface area contributed by atoms with E-state index in [9.17, 15) is 9.59 Å². The van der Waals surface area contributed by atoms with E-state index in [0.29, 0.717) is 57.6 Å². The number of rotatable bonds is 5. The highest BCUT2D eigenvalue weighted by atomic mass is 127. The molecule has 9 heteroatoms. The summed E-state index contributed by atoms with van der Waals surface area (Å²) in [6.45, 7) is 8.51. The van der Waals surface area contributed by atoms with Crippen LogP contribution in [0.25, 0.3) is 0 Å². The summed E-state index contributed by atoms with van der Waals surface area (Å²) in [5.74, 6) is 0.577. The molecule has 150 valence electrons. The van der Waals surface area contributed by atoms with Crippen molar-refractivity contribution in [1.29, 1.82) is 0 Å². The summed E-state index contributed by atoms with van der Waals surface area (Å²) in [5, 5.41) is 2.96. The van der Waals surface area contributed by atoms with Gasteiger partial charge >= 0.3 is 6.09 Å². The van der Waals surface area contributed by atoms with E-state index < -0.39 is 5.60 Å². The van der Waals surface area contributed by atoms with Crippen molar-refractivity contribution in [2.24, 2.45) is 10.7 Å². The molecule has 2 rings (SSSR count). The summed E-state index contributed by atoms with van der Waals surface area (Å²) in [7, 11) is 0. The van der Waals surface area contributed by atoms with Crippen LogP contribution in [-0.4, -0.2) is 72.1 Å². The van der Waals surface area contributed by atoms with Gasteiger partial charge in [-0.15, -0.1) is 24.0 Å². The van der Waals surface area contributed by atoms with Gasteiger partial charge in [0.1, 0.15) is 5.60 Å². The fourth-order valence-electron chi connectivity index (χ4n) is 2.51. The second-order valence-corrected chi connectivity index (χ2v) is 7.64. The molecule has 1 saturated heterocycles. The Morgan fingerprint density at radius 2 is 1.73 bits per heavy atom. The first-order chi connectivity index (χ1) is 11.7. The molecule has 0 aromatic rings. The minimum absolute atomic E-state index is 0. The molecule has 26 heavy (non-hydrogen) atoms. The Morgan fingerprint density at radius 3 is 2.27 bits per heavy atom. The SMILES string of the molecule is CC(C)(C)OC(=O)N1CCN(C(N)=NCCCC(=O)NC2CC2)CC1.I. The van der Waals surface area contributed by atoms with Crippen LogP contribution in [0.3, 0.4) is 0 Å². The first-order valence-electron chi connectivity index (χ1n) is 9.07. The standard InChI is InChI=1S/C17H31N5O3.HI/c1-17(2,3)25-16(24)22-11-9-21(10-12-22)15(18)19-8-4-5-14(23)20-13-6-7-13;/h13H,4-12H2,1-3H3,(H2,18,19)(H,20,23);1H. The number of aliphatic imine (C=N–C) groups is 1. The van der Waals surface area contributed by atoms with E-state index in [1.807, 2.05) is 25.7 Å². The highest BCUT2D eigenvalue weighted by Gasteiger charge is 2.26. The van der Waals surface area contributed by atoms with Crippen LogP contribution in [0, 0.1) is 0 Å². The third kappa shape index (κ3) is 8.41. The number of nitrogens with two attached hydrogens (primary N) is 1. The fraction of sp³-hybridized carbons (Fsp3) is 0.824. The van der Waals surface area contributed by atoms with Crippen molar-refractivity contribution >= 4 is 41.9 Å². The zero-order valence-corrected chi connectivity index (χ0v) is 18.3. The molecule has 2 fully saturated rings. The molecule has 2 aliphatic rings. The lowest BCUT2D eigenvalue weighted by Crippen LogP contribution is -2.53. The lowest BCUT2D eigenvalue weighted by molar-refractivity contribution is -0.121. The van der Waals surface area contributed by atoms with Gasteiger partial charge in [0, 0.05) is 45.2 Å². The molecule has 1 saturated carbocycles. The van der Waals surface area contributed by atoms with E-state index in [-0.39, 0.29) is 36.0 Å². The molecule has 2 amide bonds. The number of carbonyl (C=O) groups excluding carboxylic acids is 2. The molecule has 0 bridgehead atoms. The smallest absolute Gasteiger partial charge is 0.410 e. The largest absolute Gasteiger partial charge is 0.444 e. The Hall–Kier alpha value is -1.26. The average molecular weight is 481 g/mol. The number of nitrogens with one attached hydrogen (secondary N) is 1. The zero-order chi connectivity index (χ0) is 18.4. The molecule has 1 aliphatic carbocycles. The average Bonchev–Trinajstić information content (AvgIpc) is 3.33. The number of hydrogen-bond acceptors (Lipinski definition) is 4. The second-order valence-electron chi connectivity index (χ2n) is 7.64. The van der Waals surface area contributed by atoms with Gasteiger partial charge in [0.15, 0.2) is 5.96 Å². The summed E-state index contributed by atoms with van der Waals surface area (Å²) in [6, 6.07) is 0.405. The monoisotopic (exact) mass is 481 g/mol. The number of guanidine groups is 1. The predicted molar refractivity (Wildman–Crippen MR) is 112 cm³/mol. The first-order valence-corrected chi connectivity index (χ1v) is 9.07. The molecule has 3 N–H and O–H groups in total. The van der Waals surface area contributed by atoms with E-state index >= 15 is 0 Å². The Bertz CT molecular complexity index is 509. The minimum atomic E-state index is -0.486. The molecule has 1 aliphatic heterocycles. The number of amides is 2. The molecule has 0 radical (unpaired) electrons. The summed E-state index contributed by atoms with van der Waals surface area (Å²) < 4.78 is 5.38. The van der Waals surface area contributed by atoms with Gasteiger partial charge in [0.25, 0.3) is 0 Å². The van der Waals surface area contributed by atoms with Crippen molar-refractivity contribution in [2.45, 2.75) is 58.1 Å². The van der Waals surface area contributed by atoms with Crippen LogP contribution in [0.2, 0.25) is 0 Å². The van der Waals surface area contributed by atoms with Gasteiger partial charge in [-0.25, -0.2) is 4.79 Å². The van der Waals surface area contributed by atoms with Gasteiger partial charge in [0.05, 0.1) is 0 Å². The molecular weight excluding hydrogens is 449 g/mol. The molecule has 0 unspecified atom stereocenters. The second kappa shape index (κ2) is 10.2. The van der Waals surface area contributed by atoms with Crippen molar-refractivity contribution in [3.63, 3.8) is 0 Å². The van der Waals surface area contributed by atoms with Crippen LogP contribution in [0.15, 0.2) is 4.99 Å². The summed E-state index contributed by atoms with van der Waals surface area (Å²) in [6.07, 6.45) is 3.10. The maximum Gasteiger partial charge on any atom is 0.410 e. The number of carbonyl (C=O) groups is 2. The number of nitrogens with zero attached hydrogens (tertiary/aromatic N) is 3. The number of halogens is 1. The Morgan fingerprint density at radius 1 is 1.15 bits per heavy atom. The number of piperazine rings is 1. The Kier molecular flexibility index (Phi) is 8.91. The lowest BCUT2D eigenvalue weighted by atomic mass is 10.2. The molecule has 0 aromatic heterocycles. The quantitative estimate of drug-likeness (QED) is 0.269. The summed E-state index contributed by atoms with van der Waals surface area (Å²) in [5.41, 5.74) is 5.53. The minimum Gasteiger partial charge on any atom is -0.444 e. The van der Waals surface area contributed by atoms with Crippen LogP contribution < -0.4 is 11.1 Å². The van der Waals surface area contributed by atoms with Crippen LogP contribution in [0.5, 0.6) is 0 Å². The highest BCUT2D eigenvalue weighted by molar-refractivity contribution is 14.0. The van der Waals surface area contributed by atoms with E-state index in [4.69, 9.17) is 10.5 Å². The molecule has 8 nitrogen and oxygen atoms in total. The van der Waals surface area contributed by atoms with Gasteiger partial charge in [-0.1, -0.05) is 0 Å². The van der Waals surface area contributed by atoms with Gasteiger partial charge in [-0.05, 0) is 40.0 Å². The number of hydrogen-bond donors (Lipinski definition) is 2. The lowest BCUT2D eigenvalue weighted by Gasteiger charge is -2.36. The zero-order valence-electron chi connectivity index (χ0n) is 16.0. The summed E-state index contributed by atoms with van der Waals surface area (Å²) >= 11 is 0. The van der Waals surface area contributed by atoms with Crippen LogP contribution in [-0.2, 0) is 9.53 Å². The van der Waals surface area contributed by atoms with Crippen molar-refractivity contribution in [3.05, 3.63) is 0 Å². The predicted octanol–water partition coefficient (Wildman–Crippen LogP) is 1.53. The Balaban J connectivity index is 0.00000338. The van der Waals surface area contributed by atoms with E-state index in [2.05, 4.69) is 10.3 Å².